The number of hydrogen-bond acceptors (Lipinski definition) is 3. The molecule has 25 heavy (non-hydrogen) atoms. The van der Waals surface area contributed by atoms with Crippen molar-refractivity contribution in [3.63, 3.8) is 0 Å². The SMILES string of the molecule is CC(C)c1ccc(N2CCC(C(=O)N3CCCCC3CN)C2=O)cc1. The summed E-state index contributed by atoms with van der Waals surface area (Å²) in [6.07, 6.45) is 3.66. The van der Waals surface area contributed by atoms with E-state index in [9.17, 15) is 9.59 Å². The number of carbonyl (C=O) groups excluding carboxylic acids is 2. The van der Waals surface area contributed by atoms with Gasteiger partial charge in [0.25, 0.3) is 0 Å². The van der Waals surface area contributed by atoms with Crippen LogP contribution in [0, 0.1) is 5.92 Å². The van der Waals surface area contributed by atoms with Crippen molar-refractivity contribution >= 4 is 17.5 Å². The van der Waals surface area contributed by atoms with Gasteiger partial charge in [-0.15, -0.1) is 0 Å². The van der Waals surface area contributed by atoms with Crippen LogP contribution in [0.25, 0.3) is 0 Å². The van der Waals surface area contributed by atoms with Gasteiger partial charge < -0.3 is 15.5 Å². The number of rotatable bonds is 4. The van der Waals surface area contributed by atoms with Crippen LogP contribution in [0.4, 0.5) is 5.69 Å². The van der Waals surface area contributed by atoms with E-state index in [2.05, 4.69) is 26.0 Å². The first-order valence-electron chi connectivity index (χ1n) is 9.44. The monoisotopic (exact) mass is 343 g/mol. The van der Waals surface area contributed by atoms with Crippen molar-refractivity contribution in [1.82, 2.24) is 4.90 Å². The topological polar surface area (TPSA) is 66.6 Å². The van der Waals surface area contributed by atoms with Gasteiger partial charge in [-0.25, -0.2) is 0 Å². The van der Waals surface area contributed by atoms with Crippen LogP contribution in [0.5, 0.6) is 0 Å². The van der Waals surface area contributed by atoms with Crippen LogP contribution in [0.3, 0.4) is 0 Å². The zero-order valence-electron chi connectivity index (χ0n) is 15.3. The van der Waals surface area contributed by atoms with Gasteiger partial charge >= 0.3 is 0 Å². The van der Waals surface area contributed by atoms with Crippen molar-refractivity contribution in [2.45, 2.75) is 51.5 Å². The molecule has 5 nitrogen and oxygen atoms in total. The highest BCUT2D eigenvalue weighted by molar-refractivity contribution is 6.09. The predicted molar refractivity (Wildman–Crippen MR) is 99.4 cm³/mol. The number of hydrogen-bond donors (Lipinski definition) is 1. The molecule has 0 saturated carbocycles. The molecular weight excluding hydrogens is 314 g/mol. The van der Waals surface area contributed by atoms with Crippen LogP contribution in [-0.4, -0.2) is 42.4 Å². The summed E-state index contributed by atoms with van der Waals surface area (Å²) < 4.78 is 0. The highest BCUT2D eigenvalue weighted by Gasteiger charge is 2.41. The average Bonchev–Trinajstić information content (AvgIpc) is 3.02. The molecule has 5 heteroatoms. The average molecular weight is 343 g/mol. The smallest absolute Gasteiger partial charge is 0.239 e. The van der Waals surface area contributed by atoms with Crippen molar-refractivity contribution < 1.29 is 9.59 Å². The molecule has 0 radical (unpaired) electrons. The van der Waals surface area contributed by atoms with Crippen LogP contribution in [0.1, 0.15) is 51.0 Å². The van der Waals surface area contributed by atoms with Gasteiger partial charge in [0.2, 0.25) is 11.8 Å². The molecule has 3 rings (SSSR count). The highest BCUT2D eigenvalue weighted by Crippen LogP contribution is 2.29. The molecule has 0 aromatic heterocycles. The summed E-state index contributed by atoms with van der Waals surface area (Å²) in [7, 11) is 0. The summed E-state index contributed by atoms with van der Waals surface area (Å²) in [5.41, 5.74) is 7.97. The lowest BCUT2D eigenvalue weighted by atomic mass is 9.98. The van der Waals surface area contributed by atoms with Crippen molar-refractivity contribution in [1.29, 1.82) is 0 Å². The third-order valence-electron chi connectivity index (χ3n) is 5.56. The molecular formula is C20H29N3O2. The normalized spacial score (nSPS) is 24.2. The molecule has 2 heterocycles. The molecule has 2 amide bonds. The van der Waals surface area contributed by atoms with E-state index in [0.717, 1.165) is 31.5 Å². The summed E-state index contributed by atoms with van der Waals surface area (Å²) in [5.74, 6) is -0.174. The lowest BCUT2D eigenvalue weighted by Crippen LogP contribution is -2.50. The molecule has 2 unspecified atom stereocenters. The fourth-order valence-electron chi connectivity index (χ4n) is 3.94. The summed E-state index contributed by atoms with van der Waals surface area (Å²) >= 11 is 0. The predicted octanol–water partition coefficient (Wildman–Crippen LogP) is 2.50. The lowest BCUT2D eigenvalue weighted by Gasteiger charge is -2.36. The Hall–Kier alpha value is -1.88. The van der Waals surface area contributed by atoms with Gasteiger partial charge in [-0.05, 0) is 49.3 Å². The zero-order chi connectivity index (χ0) is 18.0. The van der Waals surface area contributed by atoms with Gasteiger partial charge in [0, 0.05) is 31.4 Å². The van der Waals surface area contributed by atoms with Gasteiger partial charge in [0.15, 0.2) is 0 Å². The van der Waals surface area contributed by atoms with E-state index in [4.69, 9.17) is 5.73 Å². The molecule has 0 bridgehead atoms. The fraction of sp³-hybridized carbons (Fsp3) is 0.600. The largest absolute Gasteiger partial charge is 0.338 e. The molecule has 1 aromatic carbocycles. The van der Waals surface area contributed by atoms with Crippen LogP contribution >= 0.6 is 0 Å². The minimum absolute atomic E-state index is 0.0264. The minimum Gasteiger partial charge on any atom is -0.338 e. The maximum absolute atomic E-state index is 12.9. The molecule has 0 aliphatic carbocycles. The molecule has 2 N–H and O–H groups in total. The lowest BCUT2D eigenvalue weighted by molar-refractivity contribution is -0.142. The third-order valence-corrected chi connectivity index (χ3v) is 5.56. The second-order valence-electron chi connectivity index (χ2n) is 7.49. The van der Waals surface area contributed by atoms with E-state index in [-0.39, 0.29) is 17.9 Å². The quantitative estimate of drug-likeness (QED) is 0.854. The first kappa shape index (κ1) is 17.9. The fourth-order valence-corrected chi connectivity index (χ4v) is 3.94. The molecule has 2 fully saturated rings. The van der Waals surface area contributed by atoms with Crippen LogP contribution in [0.2, 0.25) is 0 Å². The molecule has 2 atom stereocenters. The number of piperidine rings is 1. The van der Waals surface area contributed by atoms with Crippen LogP contribution < -0.4 is 10.6 Å². The van der Waals surface area contributed by atoms with Crippen molar-refractivity contribution in [3.8, 4) is 0 Å². The molecule has 0 spiro atoms. The van der Waals surface area contributed by atoms with E-state index >= 15 is 0 Å². The van der Waals surface area contributed by atoms with Gasteiger partial charge in [-0.2, -0.15) is 0 Å². The van der Waals surface area contributed by atoms with Crippen LogP contribution in [0.15, 0.2) is 24.3 Å². The van der Waals surface area contributed by atoms with Crippen molar-refractivity contribution in [2.24, 2.45) is 11.7 Å². The first-order chi connectivity index (χ1) is 12.0. The van der Waals surface area contributed by atoms with E-state index in [0.29, 0.717) is 25.4 Å². The van der Waals surface area contributed by atoms with Crippen LogP contribution in [-0.2, 0) is 9.59 Å². The molecule has 1 aromatic rings. The van der Waals surface area contributed by atoms with Gasteiger partial charge in [0.05, 0.1) is 0 Å². The summed E-state index contributed by atoms with van der Waals surface area (Å²) in [6.45, 7) is 6.12. The van der Waals surface area contributed by atoms with Gasteiger partial charge in [-0.3, -0.25) is 9.59 Å². The maximum Gasteiger partial charge on any atom is 0.239 e. The molecule has 2 aliphatic rings. The number of carbonyl (C=O) groups is 2. The standard InChI is InChI=1S/C20H29N3O2/c1-14(2)15-6-8-16(9-7-15)23-12-10-18(20(23)25)19(24)22-11-4-3-5-17(22)13-21/h6-9,14,17-18H,3-5,10-13,21H2,1-2H3. The van der Waals surface area contributed by atoms with E-state index in [1.807, 2.05) is 17.0 Å². The van der Waals surface area contributed by atoms with E-state index in [1.165, 1.54) is 5.56 Å². The Morgan fingerprint density at radius 2 is 1.88 bits per heavy atom. The zero-order valence-corrected chi connectivity index (χ0v) is 15.3. The number of nitrogens with two attached hydrogens (primary N) is 1. The molecule has 136 valence electrons. The Bertz CT molecular complexity index is 626. The number of likely N-dealkylation sites (tertiary alicyclic amines) is 1. The van der Waals surface area contributed by atoms with Crippen molar-refractivity contribution in [2.75, 3.05) is 24.5 Å². The number of nitrogens with zero attached hydrogens (tertiary/aromatic N) is 2. The Balaban J connectivity index is 1.71. The highest BCUT2D eigenvalue weighted by atomic mass is 16.2. The number of amides is 2. The van der Waals surface area contributed by atoms with E-state index < -0.39 is 5.92 Å². The van der Waals surface area contributed by atoms with E-state index in [1.54, 1.807) is 4.90 Å². The Kier molecular flexibility index (Phi) is 5.42. The van der Waals surface area contributed by atoms with Gasteiger partial charge in [0.1, 0.15) is 5.92 Å². The number of anilines is 1. The second kappa shape index (κ2) is 7.56. The minimum atomic E-state index is -0.545. The Morgan fingerprint density at radius 3 is 2.52 bits per heavy atom. The summed E-state index contributed by atoms with van der Waals surface area (Å²) in [6, 6.07) is 8.20. The molecule has 2 aliphatic heterocycles. The Labute approximate surface area is 150 Å². The van der Waals surface area contributed by atoms with Crippen molar-refractivity contribution in [3.05, 3.63) is 29.8 Å². The first-order valence-corrected chi connectivity index (χ1v) is 9.44. The third kappa shape index (κ3) is 3.56. The second-order valence-corrected chi connectivity index (χ2v) is 7.49. The Morgan fingerprint density at radius 1 is 1.16 bits per heavy atom. The summed E-state index contributed by atoms with van der Waals surface area (Å²) in [4.78, 5) is 29.4. The number of benzene rings is 1. The summed E-state index contributed by atoms with van der Waals surface area (Å²) in [5, 5.41) is 0. The van der Waals surface area contributed by atoms with Gasteiger partial charge in [-0.1, -0.05) is 26.0 Å². The molecule has 2 saturated heterocycles. The maximum atomic E-state index is 12.9.